The molecule has 0 saturated carbocycles. The van der Waals surface area contributed by atoms with E-state index in [1.807, 2.05) is 0 Å². The summed E-state index contributed by atoms with van der Waals surface area (Å²) in [6.07, 6.45) is 0. The molecule has 0 unspecified atom stereocenters. The van der Waals surface area contributed by atoms with E-state index in [-0.39, 0.29) is 0 Å². The Morgan fingerprint density at radius 3 is 1.17 bits per heavy atom. The van der Waals surface area contributed by atoms with E-state index >= 15 is 0 Å². The zero-order chi connectivity index (χ0) is 4.24. The van der Waals surface area contributed by atoms with Gasteiger partial charge in [0.15, 0.2) is 0 Å². The molecular weight excluding hydrogens is 120 g/mol. The van der Waals surface area contributed by atoms with Crippen molar-refractivity contribution in [3.8, 4) is 0 Å². The van der Waals surface area contributed by atoms with Crippen LogP contribution in [0.1, 0.15) is 0 Å². The fraction of sp³-hybridized carbons (Fsp3) is 0. The molecule has 0 spiro atoms. The lowest BCUT2D eigenvalue weighted by atomic mass is 11.8. The lowest BCUT2D eigenvalue weighted by Crippen LogP contribution is -2.04. The normalized spacial score (nSPS) is 16.0. The zero-order valence-corrected chi connectivity index (χ0v) is 6.23. The summed E-state index contributed by atoms with van der Waals surface area (Å²) in [6, 6.07) is 0. The molecule has 3 radical (unpaired) electrons. The fourth-order valence-electron chi connectivity index (χ4n) is 0.269. The minimum Gasteiger partial charge on any atom is -0.0927 e. The average Bonchev–Trinajstić information content (AvgIpc) is 1.72. The van der Waals surface area contributed by atoms with Crippen LogP contribution in [0.4, 0.5) is 0 Å². The van der Waals surface area contributed by atoms with Crippen LogP contribution in [0.25, 0.3) is 0 Å². The van der Waals surface area contributed by atoms with Gasteiger partial charge >= 0.3 is 0 Å². The minimum atomic E-state index is 1.05. The van der Waals surface area contributed by atoms with Crippen molar-refractivity contribution < 1.29 is 0 Å². The van der Waals surface area contributed by atoms with Gasteiger partial charge in [0.05, 0.1) is 0 Å². The lowest BCUT2D eigenvalue weighted by Gasteiger charge is -1.73. The maximum Gasteiger partial charge on any atom is 0.0407 e. The third kappa shape index (κ3) is 1.16. The second-order valence-corrected chi connectivity index (χ2v) is 5.40. The smallest absolute Gasteiger partial charge is 0.0407 e. The molecule has 1 aliphatic rings. The van der Waals surface area contributed by atoms with Crippen molar-refractivity contribution in [1.29, 1.82) is 0 Å². The molecule has 3 heteroatoms. The van der Waals surface area contributed by atoms with Gasteiger partial charge in [-0.2, -0.15) is 0 Å². The molecule has 1 rings (SSSR count). The summed E-state index contributed by atoms with van der Waals surface area (Å²) in [5.41, 5.74) is 0. The molecule has 27 valence electrons. The fourth-order valence-corrected chi connectivity index (χ4v) is 4.67. The minimum absolute atomic E-state index is 1.05. The van der Waals surface area contributed by atoms with E-state index in [1.165, 1.54) is 0 Å². The molecule has 0 atom stereocenters. The van der Waals surface area contributed by atoms with Gasteiger partial charge in [0.1, 0.15) is 0 Å². The topological polar surface area (TPSA) is 0 Å². The van der Waals surface area contributed by atoms with Crippen molar-refractivity contribution in [3.05, 3.63) is 0 Å². The number of hydrogen-bond donors (Lipinski definition) is 0. The molecule has 0 nitrogen and oxygen atoms in total. The van der Waals surface area contributed by atoms with Gasteiger partial charge in [0, 0.05) is 27.4 Å². The Morgan fingerprint density at radius 2 is 1.00 bits per heavy atom. The summed E-state index contributed by atoms with van der Waals surface area (Å²) in [7, 11) is 3.14. The Hall–Kier alpha value is 0.261. The Balaban J connectivity index is 2.77. The largest absolute Gasteiger partial charge is 0.0927 e. The van der Waals surface area contributed by atoms with E-state index in [4.69, 9.17) is 0 Å². The first-order chi connectivity index (χ1) is 3.00. The van der Waals surface area contributed by atoms with Crippen LogP contribution in [0, 0.1) is 0 Å². The number of rotatable bonds is 0. The summed E-state index contributed by atoms with van der Waals surface area (Å²) in [5.74, 6) is 0. The highest BCUT2D eigenvalue weighted by Crippen LogP contribution is 1.38. The van der Waals surface area contributed by atoms with Gasteiger partial charge in [0.2, 0.25) is 0 Å². The monoisotopic (exact) mass is 123 g/mol. The molecule has 0 N–H and O–H groups in total. The molecule has 0 amide bonds. The summed E-state index contributed by atoms with van der Waals surface area (Å²) >= 11 is 0. The van der Waals surface area contributed by atoms with Crippen LogP contribution >= 0.6 is 0 Å². The van der Waals surface area contributed by atoms with Crippen molar-refractivity contribution in [2.24, 2.45) is 0 Å². The predicted molar refractivity (Wildman–Crippen MR) is 35.5 cm³/mol. The SMILES string of the molecule is C1=[Si]C=[Si]C=[Si]1. The number of hydrogen-bond acceptors (Lipinski definition) is 0. The van der Waals surface area contributed by atoms with Gasteiger partial charge in [-0.25, -0.2) is 0 Å². The molecule has 0 bridgehead atoms. The summed E-state index contributed by atoms with van der Waals surface area (Å²) < 4.78 is 0. The average molecular weight is 123 g/mol. The highest BCUT2D eigenvalue weighted by atomic mass is 28.3. The first-order valence-corrected chi connectivity index (χ1v) is 5.20. The quantitative estimate of drug-likeness (QED) is 0.340. The standard InChI is InChI=1S/C3H3Si3/c1-4-2-6-3-5-1/h1-3H. The van der Waals surface area contributed by atoms with E-state index in [9.17, 15) is 0 Å². The molecule has 6 heavy (non-hydrogen) atoms. The van der Waals surface area contributed by atoms with Crippen LogP contribution in [0.15, 0.2) is 0 Å². The molecular formula is C3H3Si3. The van der Waals surface area contributed by atoms with Gasteiger partial charge in [-0.1, -0.05) is 15.9 Å². The third-order valence-corrected chi connectivity index (χ3v) is 4.50. The lowest BCUT2D eigenvalue weighted by molar-refractivity contribution is 3.63. The maximum atomic E-state index is 2.34. The van der Waals surface area contributed by atoms with Crippen molar-refractivity contribution in [2.45, 2.75) is 0 Å². The first kappa shape index (κ1) is 4.42. The van der Waals surface area contributed by atoms with Crippen LogP contribution < -0.4 is 0 Å². The van der Waals surface area contributed by atoms with E-state index in [2.05, 4.69) is 15.9 Å². The molecule has 1 aliphatic heterocycles. The maximum absolute atomic E-state index is 2.34. The molecule has 0 saturated heterocycles. The van der Waals surface area contributed by atoms with Gasteiger partial charge < -0.3 is 0 Å². The zero-order valence-electron chi connectivity index (χ0n) is 3.23. The molecule has 0 fully saturated rings. The highest BCUT2D eigenvalue weighted by Gasteiger charge is 1.69. The molecule has 0 aromatic rings. The van der Waals surface area contributed by atoms with Crippen molar-refractivity contribution >= 4 is 43.3 Å². The highest BCUT2D eigenvalue weighted by molar-refractivity contribution is 7.13. The summed E-state index contributed by atoms with van der Waals surface area (Å²) in [4.78, 5) is 0. The second kappa shape index (κ2) is 2.44. The van der Waals surface area contributed by atoms with Crippen molar-refractivity contribution in [1.82, 2.24) is 0 Å². The summed E-state index contributed by atoms with van der Waals surface area (Å²) in [6.45, 7) is 0. The van der Waals surface area contributed by atoms with E-state index in [0.717, 1.165) is 27.4 Å². The van der Waals surface area contributed by atoms with Crippen molar-refractivity contribution in [3.63, 3.8) is 0 Å². The predicted octanol–water partition coefficient (Wildman–Crippen LogP) is -1.61. The molecule has 0 aliphatic carbocycles. The van der Waals surface area contributed by atoms with Gasteiger partial charge in [0.25, 0.3) is 0 Å². The van der Waals surface area contributed by atoms with E-state index in [0.29, 0.717) is 0 Å². The van der Waals surface area contributed by atoms with Gasteiger partial charge in [-0.15, -0.1) is 0 Å². The van der Waals surface area contributed by atoms with Crippen LogP contribution in [-0.2, 0) is 0 Å². The van der Waals surface area contributed by atoms with E-state index in [1.54, 1.807) is 0 Å². The molecule has 1 heterocycles. The van der Waals surface area contributed by atoms with Crippen LogP contribution in [0.5, 0.6) is 0 Å². The van der Waals surface area contributed by atoms with Crippen LogP contribution in [-0.4, -0.2) is 43.3 Å². The Kier molecular flexibility index (Phi) is 1.79. The summed E-state index contributed by atoms with van der Waals surface area (Å²) in [5, 5.41) is 7.03. The van der Waals surface area contributed by atoms with Gasteiger partial charge in [-0.3, -0.25) is 0 Å². The first-order valence-electron chi connectivity index (χ1n) is 1.73. The Bertz CT molecular complexity index is 75.4. The van der Waals surface area contributed by atoms with Crippen LogP contribution in [0.2, 0.25) is 0 Å². The third-order valence-electron chi connectivity index (χ3n) is 0.500. The Labute approximate surface area is 43.9 Å². The molecule has 0 aromatic carbocycles. The Morgan fingerprint density at radius 1 is 0.667 bits per heavy atom. The molecule has 0 aromatic heterocycles. The van der Waals surface area contributed by atoms with Gasteiger partial charge in [-0.05, 0) is 0 Å². The second-order valence-electron chi connectivity index (χ2n) is 0.933. The van der Waals surface area contributed by atoms with Crippen molar-refractivity contribution in [2.75, 3.05) is 0 Å². The van der Waals surface area contributed by atoms with Crippen LogP contribution in [0.3, 0.4) is 0 Å². The van der Waals surface area contributed by atoms with E-state index < -0.39 is 0 Å².